The number of carbonyl (C=O) groups excluding carboxylic acids is 3. The van der Waals surface area contributed by atoms with Crippen LogP contribution in [0.4, 0.5) is 11.4 Å². The summed E-state index contributed by atoms with van der Waals surface area (Å²) in [5.74, 6) is 0.511. The van der Waals surface area contributed by atoms with E-state index in [0.717, 1.165) is 55.6 Å². The number of benzene rings is 2. The van der Waals surface area contributed by atoms with Gasteiger partial charge in [-0.25, -0.2) is 0 Å². The molecule has 0 saturated heterocycles. The van der Waals surface area contributed by atoms with Crippen molar-refractivity contribution in [1.82, 2.24) is 0 Å². The van der Waals surface area contributed by atoms with Gasteiger partial charge in [0.15, 0.2) is 5.78 Å². The zero-order valence-corrected chi connectivity index (χ0v) is 19.0. The van der Waals surface area contributed by atoms with E-state index in [1.807, 2.05) is 12.1 Å². The fourth-order valence-corrected chi connectivity index (χ4v) is 3.88. The Morgan fingerprint density at radius 2 is 1.81 bits per heavy atom. The molecule has 2 amide bonds. The van der Waals surface area contributed by atoms with Gasteiger partial charge in [-0.1, -0.05) is 19.8 Å². The molecule has 2 aromatic rings. The lowest BCUT2D eigenvalue weighted by atomic mass is 10.0. The molecule has 2 aromatic carbocycles. The van der Waals surface area contributed by atoms with Crippen LogP contribution in [0.1, 0.15) is 68.3 Å². The van der Waals surface area contributed by atoms with Crippen LogP contribution in [0.25, 0.3) is 0 Å². The molecular weight excluding hydrogens is 404 g/mol. The molecule has 0 unspecified atom stereocenters. The highest BCUT2D eigenvalue weighted by atomic mass is 16.5. The number of aryl methyl sites for hydroxylation is 1. The van der Waals surface area contributed by atoms with Crippen molar-refractivity contribution in [3.8, 4) is 5.75 Å². The second-order valence-corrected chi connectivity index (χ2v) is 8.17. The molecular formula is C26H32N2O4. The van der Waals surface area contributed by atoms with E-state index in [-0.39, 0.29) is 30.4 Å². The van der Waals surface area contributed by atoms with Crippen molar-refractivity contribution in [3.63, 3.8) is 0 Å². The topological polar surface area (TPSA) is 75.7 Å². The molecule has 170 valence electrons. The van der Waals surface area contributed by atoms with Gasteiger partial charge >= 0.3 is 0 Å². The summed E-state index contributed by atoms with van der Waals surface area (Å²) in [6.07, 6.45) is 5.35. The third-order valence-corrected chi connectivity index (χ3v) is 5.63. The van der Waals surface area contributed by atoms with Crippen molar-refractivity contribution < 1.29 is 19.1 Å². The summed E-state index contributed by atoms with van der Waals surface area (Å²) in [6, 6.07) is 12.7. The molecule has 1 heterocycles. The van der Waals surface area contributed by atoms with Gasteiger partial charge in [0, 0.05) is 43.2 Å². The number of amides is 2. The summed E-state index contributed by atoms with van der Waals surface area (Å²) in [5.41, 5.74) is 3.24. The molecule has 0 saturated carbocycles. The van der Waals surface area contributed by atoms with Crippen LogP contribution in [0.3, 0.4) is 0 Å². The number of nitrogens with zero attached hydrogens (tertiary/aromatic N) is 1. The van der Waals surface area contributed by atoms with Crippen molar-refractivity contribution in [2.24, 2.45) is 0 Å². The monoisotopic (exact) mass is 436 g/mol. The Morgan fingerprint density at radius 1 is 1.03 bits per heavy atom. The Morgan fingerprint density at radius 3 is 2.53 bits per heavy atom. The first kappa shape index (κ1) is 23.5. The Labute approximate surface area is 189 Å². The van der Waals surface area contributed by atoms with Crippen molar-refractivity contribution >= 4 is 29.0 Å². The van der Waals surface area contributed by atoms with Crippen LogP contribution in [0.15, 0.2) is 42.5 Å². The summed E-state index contributed by atoms with van der Waals surface area (Å²) in [4.78, 5) is 38.4. The predicted molar refractivity (Wildman–Crippen MR) is 126 cm³/mol. The average Bonchev–Trinajstić information content (AvgIpc) is 2.80. The third kappa shape index (κ3) is 6.42. The zero-order chi connectivity index (χ0) is 22.9. The van der Waals surface area contributed by atoms with E-state index in [9.17, 15) is 14.4 Å². The van der Waals surface area contributed by atoms with Crippen LogP contribution < -0.4 is 15.0 Å². The van der Waals surface area contributed by atoms with Crippen molar-refractivity contribution in [1.29, 1.82) is 0 Å². The molecule has 1 aliphatic heterocycles. The molecule has 0 spiro atoms. The van der Waals surface area contributed by atoms with E-state index in [0.29, 0.717) is 17.9 Å². The average molecular weight is 437 g/mol. The lowest BCUT2D eigenvalue weighted by molar-refractivity contribution is -0.117. The van der Waals surface area contributed by atoms with Crippen LogP contribution in [0, 0.1) is 0 Å². The van der Waals surface area contributed by atoms with Gasteiger partial charge < -0.3 is 15.0 Å². The van der Waals surface area contributed by atoms with Gasteiger partial charge in [-0.05, 0) is 67.3 Å². The van der Waals surface area contributed by atoms with Crippen LogP contribution >= 0.6 is 0 Å². The Bertz CT molecular complexity index is 953. The summed E-state index contributed by atoms with van der Waals surface area (Å²) in [5, 5.41) is 2.87. The number of Topliss-reactive ketones (excluding diaryl/α,β-unsaturated/α-hetero) is 1. The quantitative estimate of drug-likeness (QED) is 0.412. The van der Waals surface area contributed by atoms with Gasteiger partial charge in [-0.15, -0.1) is 0 Å². The number of fused-ring (bicyclic) bond motifs is 1. The maximum atomic E-state index is 12.4. The van der Waals surface area contributed by atoms with E-state index in [2.05, 4.69) is 12.2 Å². The van der Waals surface area contributed by atoms with Gasteiger partial charge in [0.1, 0.15) is 5.75 Å². The molecule has 6 heteroatoms. The second-order valence-electron chi connectivity index (χ2n) is 8.17. The molecule has 32 heavy (non-hydrogen) atoms. The first-order valence-corrected chi connectivity index (χ1v) is 11.4. The van der Waals surface area contributed by atoms with Crippen LogP contribution in [0.2, 0.25) is 0 Å². The molecule has 1 aliphatic rings. The Balaban J connectivity index is 1.48. The normalized spacial score (nSPS) is 12.8. The first-order valence-electron chi connectivity index (χ1n) is 11.4. The highest BCUT2D eigenvalue weighted by molar-refractivity contribution is 6.00. The number of hydrogen-bond acceptors (Lipinski definition) is 4. The van der Waals surface area contributed by atoms with Gasteiger partial charge in [0.05, 0.1) is 6.61 Å². The van der Waals surface area contributed by atoms with Crippen molar-refractivity contribution in [2.45, 2.75) is 58.8 Å². The van der Waals surface area contributed by atoms with Gasteiger partial charge in [0.2, 0.25) is 11.8 Å². The van der Waals surface area contributed by atoms with Gasteiger partial charge in [0.25, 0.3) is 0 Å². The van der Waals surface area contributed by atoms with Crippen molar-refractivity contribution in [2.75, 3.05) is 23.4 Å². The summed E-state index contributed by atoms with van der Waals surface area (Å²) in [6.45, 7) is 5.12. The maximum absolute atomic E-state index is 12.4. The van der Waals surface area contributed by atoms with Gasteiger partial charge in [-0.3, -0.25) is 14.4 Å². The highest BCUT2D eigenvalue weighted by Gasteiger charge is 2.20. The number of anilines is 2. The minimum atomic E-state index is -0.201. The molecule has 0 aromatic heterocycles. The molecule has 0 fully saturated rings. The fourth-order valence-electron chi connectivity index (χ4n) is 3.88. The molecule has 0 aliphatic carbocycles. The van der Waals surface area contributed by atoms with Crippen LogP contribution in [-0.2, 0) is 16.0 Å². The molecule has 6 nitrogen and oxygen atoms in total. The molecule has 1 N–H and O–H groups in total. The third-order valence-electron chi connectivity index (χ3n) is 5.63. The van der Waals surface area contributed by atoms with Crippen LogP contribution in [-0.4, -0.2) is 30.7 Å². The minimum absolute atomic E-state index is 0.0253. The fraction of sp³-hybridized carbons (Fsp3) is 0.423. The lowest BCUT2D eigenvalue weighted by Gasteiger charge is -2.29. The van der Waals surface area contributed by atoms with E-state index >= 15 is 0 Å². The standard InChI is InChI=1S/C26H32N2O4/c1-3-4-5-17-32-23-11-8-20(9-12-23)25(30)14-15-26(31)27-22-10-13-24-21(18-22)7-6-16-28(24)19(2)29/h8-13,18H,3-7,14-17H2,1-2H3,(H,27,31). The van der Waals surface area contributed by atoms with E-state index in [1.54, 1.807) is 42.2 Å². The summed E-state index contributed by atoms with van der Waals surface area (Å²) in [7, 11) is 0. The highest BCUT2D eigenvalue weighted by Crippen LogP contribution is 2.29. The number of rotatable bonds is 10. The van der Waals surface area contributed by atoms with E-state index in [4.69, 9.17) is 4.74 Å². The summed E-state index contributed by atoms with van der Waals surface area (Å²) < 4.78 is 5.67. The van der Waals surface area contributed by atoms with Crippen LogP contribution in [0.5, 0.6) is 5.75 Å². The molecule has 0 bridgehead atoms. The summed E-state index contributed by atoms with van der Waals surface area (Å²) >= 11 is 0. The van der Waals surface area contributed by atoms with E-state index < -0.39 is 0 Å². The second kappa shape index (κ2) is 11.5. The minimum Gasteiger partial charge on any atom is -0.494 e. The Hall–Kier alpha value is -3.15. The van der Waals surface area contributed by atoms with Crippen molar-refractivity contribution in [3.05, 3.63) is 53.6 Å². The molecule has 3 rings (SSSR count). The predicted octanol–water partition coefficient (Wildman–Crippen LogP) is 5.16. The molecule has 0 atom stereocenters. The largest absolute Gasteiger partial charge is 0.494 e. The lowest BCUT2D eigenvalue weighted by Crippen LogP contribution is -2.33. The van der Waals surface area contributed by atoms with Gasteiger partial charge in [-0.2, -0.15) is 0 Å². The van der Waals surface area contributed by atoms with E-state index in [1.165, 1.54) is 0 Å². The zero-order valence-electron chi connectivity index (χ0n) is 19.0. The number of ketones is 1. The first-order chi connectivity index (χ1) is 15.5. The number of hydrogen-bond donors (Lipinski definition) is 1. The Kier molecular flexibility index (Phi) is 8.42. The SMILES string of the molecule is CCCCCOc1ccc(C(=O)CCC(=O)Nc2ccc3c(c2)CCCN3C(C)=O)cc1. The number of unbranched alkanes of at least 4 members (excludes halogenated alkanes) is 2. The number of carbonyl (C=O) groups is 3. The molecule has 0 radical (unpaired) electrons. The smallest absolute Gasteiger partial charge is 0.224 e. The maximum Gasteiger partial charge on any atom is 0.224 e. The number of ether oxygens (including phenoxy) is 1. The number of nitrogens with one attached hydrogen (secondary N) is 1.